The molecule has 0 spiro atoms. The van der Waals surface area contributed by atoms with Crippen molar-refractivity contribution in [3.63, 3.8) is 0 Å². The van der Waals surface area contributed by atoms with Crippen molar-refractivity contribution in [1.82, 2.24) is 0 Å². The van der Waals surface area contributed by atoms with Crippen LogP contribution in [0.15, 0.2) is 0 Å². The van der Waals surface area contributed by atoms with Gasteiger partial charge >= 0.3 is 71.1 Å². The normalized spacial score (nSPS) is 10.7. The molecular weight excluding hydrogens is 487 g/mol. The van der Waals surface area contributed by atoms with Gasteiger partial charge in [-0.1, -0.05) is 0 Å². The van der Waals surface area contributed by atoms with Crippen molar-refractivity contribution in [1.29, 1.82) is 0 Å². The van der Waals surface area contributed by atoms with Crippen LogP contribution in [0.2, 0.25) is 0 Å². The molecule has 10 N–H and O–H groups in total. The van der Waals surface area contributed by atoms with Crippen LogP contribution < -0.4 is 117 Å². The third kappa shape index (κ3) is 58.5. The minimum absolute atomic E-state index is 0. The maximum Gasteiger partial charge on any atom is 1.00 e. The molecule has 0 saturated carbocycles. The number of carbonyl (C=O) groups excluding carboxylic acids is 2. The molecule has 0 bridgehead atoms. The Bertz CT molecular complexity index is 477. The van der Waals surface area contributed by atoms with Crippen LogP contribution in [0, 0.1) is 0 Å². The molecule has 0 aliphatic heterocycles. The number of carboxylic acids is 2. The van der Waals surface area contributed by atoms with Crippen LogP contribution in [0.25, 0.3) is 0 Å². The average Bonchev–Trinajstić information content (AvgIpc) is 2.40. The smallest absolute Gasteiger partial charge is 1.00 e. The van der Waals surface area contributed by atoms with E-state index in [1.807, 2.05) is 0 Å². The zero-order valence-electron chi connectivity index (χ0n) is 15.6. The fraction of sp³-hybridized carbons (Fsp3) is 0.600. The van der Waals surface area contributed by atoms with E-state index in [0.29, 0.717) is 0 Å². The average molecular weight is 507 g/mol. The molecule has 0 fully saturated rings. The summed E-state index contributed by atoms with van der Waals surface area (Å²) >= 11 is 0. The number of carbonyl (C=O) groups is 4. The first kappa shape index (κ1) is 47.3. The Morgan fingerprint density at radius 2 is 1.00 bits per heavy atom. The van der Waals surface area contributed by atoms with Gasteiger partial charge in [0.1, 0.15) is 20.0 Å². The van der Waals surface area contributed by atoms with E-state index in [1.165, 1.54) is 0 Å². The molecule has 0 unspecified atom stereocenters. The van der Waals surface area contributed by atoms with Crippen LogP contribution in [0.1, 0.15) is 25.7 Å². The van der Waals surface area contributed by atoms with E-state index in [4.69, 9.17) is 47.5 Å². The SMILES string of the molecule is NC(=O)CC[C@H](N)C(=O)O.NC(=O)CC[C@H](N)C(=O)O.O=P([O-])([O-])F.[Cl-].[Cl-].[Na+].[Na+]. The van der Waals surface area contributed by atoms with Crippen LogP contribution >= 0.6 is 7.91 Å². The number of hydrogen-bond donors (Lipinski definition) is 6. The molecule has 0 aliphatic carbocycles. The van der Waals surface area contributed by atoms with Gasteiger partial charge in [0.25, 0.3) is 0 Å². The van der Waals surface area contributed by atoms with Gasteiger partial charge in [-0.15, -0.1) is 0 Å². The van der Waals surface area contributed by atoms with Crippen LogP contribution in [-0.4, -0.2) is 46.0 Å². The zero-order chi connectivity index (χ0) is 20.8. The second-order valence-electron chi connectivity index (χ2n) is 4.33. The Hall–Kier alpha value is 0.460. The van der Waals surface area contributed by atoms with Crippen molar-refractivity contribution in [3.8, 4) is 0 Å². The summed E-state index contributed by atoms with van der Waals surface area (Å²) in [6.07, 6.45) is 0.246. The minimum Gasteiger partial charge on any atom is -1.00 e. The van der Waals surface area contributed by atoms with Gasteiger partial charge in [-0.3, -0.25) is 19.2 Å². The number of rotatable bonds is 8. The summed E-state index contributed by atoms with van der Waals surface area (Å²) in [6, 6.07) is -1.96. The van der Waals surface area contributed by atoms with Gasteiger partial charge in [0.2, 0.25) is 11.8 Å². The Morgan fingerprint density at radius 1 is 0.828 bits per heavy atom. The summed E-state index contributed by atoms with van der Waals surface area (Å²) in [5.41, 5.74) is 19.6. The molecule has 0 aliphatic rings. The molecule has 13 nitrogen and oxygen atoms in total. The summed E-state index contributed by atoms with van der Waals surface area (Å²) in [5.74, 6) is -3.28. The van der Waals surface area contributed by atoms with E-state index in [9.17, 15) is 23.4 Å². The number of primary amides is 2. The maximum absolute atomic E-state index is 10.1. The number of carboxylic acid groups (broad SMARTS) is 2. The van der Waals surface area contributed by atoms with Crippen molar-refractivity contribution >= 4 is 31.7 Å². The fourth-order valence-electron chi connectivity index (χ4n) is 0.842. The standard InChI is InChI=1S/2C5H10N2O3.2ClH.FH2O3P.2Na/c2*6-3(5(9)10)1-2-4(7)8;;;1-5(2,3)4;;/h2*3H,1-2,6H2,(H2,7,8)(H,9,10);2*1H;(H2,2,3,4);;/q;;;;;2*+1/p-4/t2*3-;;;;;/m00...../s1. The van der Waals surface area contributed by atoms with E-state index in [2.05, 4.69) is 0 Å². The Kier molecular flexibility index (Phi) is 43.2. The van der Waals surface area contributed by atoms with Crippen LogP contribution in [0.5, 0.6) is 0 Å². The molecule has 0 radical (unpaired) electrons. The molecule has 2 amide bonds. The molecule has 0 aromatic rings. The monoisotopic (exact) mass is 506 g/mol. The van der Waals surface area contributed by atoms with Crippen molar-refractivity contribution in [2.75, 3.05) is 0 Å². The molecule has 0 heterocycles. The Morgan fingerprint density at radius 3 is 1.10 bits per heavy atom. The molecule has 29 heavy (non-hydrogen) atoms. The second-order valence-corrected chi connectivity index (χ2v) is 5.19. The largest absolute Gasteiger partial charge is 1.00 e. The summed E-state index contributed by atoms with van der Waals surface area (Å²) < 4.78 is 18.6. The van der Waals surface area contributed by atoms with Gasteiger partial charge in [-0.2, -0.15) is 0 Å². The third-order valence-corrected chi connectivity index (χ3v) is 2.04. The maximum atomic E-state index is 10.1. The molecule has 0 saturated heterocycles. The Labute approximate surface area is 222 Å². The topological polar surface area (TPSA) is 276 Å². The molecule has 0 rings (SSSR count). The van der Waals surface area contributed by atoms with Crippen molar-refractivity contribution < 1.29 is 132 Å². The van der Waals surface area contributed by atoms with Crippen molar-refractivity contribution in [3.05, 3.63) is 0 Å². The number of aliphatic carboxylic acids is 2. The van der Waals surface area contributed by atoms with Crippen LogP contribution in [-0.2, 0) is 23.7 Å². The van der Waals surface area contributed by atoms with E-state index in [-0.39, 0.29) is 110 Å². The molecule has 2 atom stereocenters. The second kappa shape index (κ2) is 26.5. The molecular formula is C10H20Cl2FN4Na2O9P-2. The third-order valence-electron chi connectivity index (χ3n) is 2.04. The number of hydrogen-bond acceptors (Lipinski definition) is 9. The van der Waals surface area contributed by atoms with Gasteiger partial charge in [0, 0.05) is 12.8 Å². The Balaban J connectivity index is -0.0000000490. The first-order valence-corrected chi connectivity index (χ1v) is 7.76. The molecule has 164 valence electrons. The van der Waals surface area contributed by atoms with Crippen molar-refractivity contribution in [2.45, 2.75) is 37.8 Å². The van der Waals surface area contributed by atoms with E-state index in [1.54, 1.807) is 0 Å². The van der Waals surface area contributed by atoms with Gasteiger partial charge in [-0.25, -0.2) is 4.20 Å². The summed E-state index contributed by atoms with van der Waals surface area (Å²) in [7, 11) is -5.64. The van der Waals surface area contributed by atoms with Crippen LogP contribution in [0.4, 0.5) is 4.20 Å². The molecule has 0 aromatic heterocycles. The zero-order valence-corrected chi connectivity index (χ0v) is 22.0. The first-order valence-electron chi connectivity index (χ1n) is 6.33. The number of amides is 2. The van der Waals surface area contributed by atoms with Gasteiger partial charge < -0.3 is 72.3 Å². The van der Waals surface area contributed by atoms with Crippen LogP contribution in [0.3, 0.4) is 0 Å². The molecule has 19 heteroatoms. The molecule has 0 aromatic carbocycles. The van der Waals surface area contributed by atoms with Gasteiger partial charge in [-0.05, 0) is 12.8 Å². The summed E-state index contributed by atoms with van der Waals surface area (Å²) in [4.78, 5) is 57.1. The van der Waals surface area contributed by atoms with E-state index >= 15 is 0 Å². The predicted octanol–water partition coefficient (Wildman–Crippen LogP) is -15.9. The van der Waals surface area contributed by atoms with Gasteiger partial charge in [0.15, 0.2) is 0 Å². The summed E-state index contributed by atoms with van der Waals surface area (Å²) in [5, 5.41) is 16.4. The number of halogens is 3. The van der Waals surface area contributed by atoms with E-state index in [0.717, 1.165) is 0 Å². The van der Waals surface area contributed by atoms with Gasteiger partial charge in [0.05, 0.1) is 0 Å². The fourth-order valence-corrected chi connectivity index (χ4v) is 0.842. The van der Waals surface area contributed by atoms with Crippen molar-refractivity contribution in [2.24, 2.45) is 22.9 Å². The summed E-state index contributed by atoms with van der Waals surface area (Å²) in [6.45, 7) is 0. The predicted molar refractivity (Wildman–Crippen MR) is 76.8 cm³/mol. The van der Waals surface area contributed by atoms with E-state index < -0.39 is 43.7 Å². The number of nitrogens with two attached hydrogens (primary N) is 4. The minimum atomic E-state index is -5.64. The first-order chi connectivity index (χ1) is 11.1. The quantitative estimate of drug-likeness (QED) is 0.132.